The number of allylic oxidation sites excluding steroid dienone is 1. The van der Waals surface area contributed by atoms with E-state index in [1.807, 2.05) is 0 Å². The van der Waals surface area contributed by atoms with Crippen molar-refractivity contribution in [3.05, 3.63) is 222 Å². The van der Waals surface area contributed by atoms with Crippen LogP contribution in [0.4, 0.5) is 39.8 Å². The van der Waals surface area contributed by atoms with Crippen LogP contribution in [0.3, 0.4) is 0 Å². The number of nitrogens with zero attached hydrogens (tertiary/aromatic N) is 4. The Kier molecular flexibility index (Phi) is 8.09. The molecule has 0 N–H and O–H groups in total. The van der Waals surface area contributed by atoms with Crippen LogP contribution in [0.1, 0.15) is 67.7 Å². The first kappa shape index (κ1) is 37.0. The van der Waals surface area contributed by atoms with E-state index >= 15 is 0 Å². The van der Waals surface area contributed by atoms with Crippen molar-refractivity contribution in [2.45, 2.75) is 51.5 Å². The molecule has 2 aromatic heterocycles. The molecule has 2 unspecified atom stereocenters. The number of aromatic nitrogens is 1. The molecule has 2 aliphatic heterocycles. The summed E-state index contributed by atoms with van der Waals surface area (Å²) in [5, 5.41) is 5.12. The van der Waals surface area contributed by atoms with Crippen LogP contribution < -0.4 is 14.7 Å². The van der Waals surface area contributed by atoms with E-state index in [2.05, 4.69) is 241 Å². The highest BCUT2D eigenvalue weighted by Gasteiger charge is 2.49. The van der Waals surface area contributed by atoms with Gasteiger partial charge in [-0.3, -0.25) is 0 Å². The third-order valence-electron chi connectivity index (χ3n) is 14.3. The Balaban J connectivity index is 1.02. The van der Waals surface area contributed by atoms with E-state index in [9.17, 15) is 0 Å². The Morgan fingerprint density at radius 2 is 1.08 bits per heavy atom. The number of fused-ring (bicyclic) bond motifs is 12. The highest BCUT2D eigenvalue weighted by Crippen LogP contribution is 2.61. The molecule has 0 amide bonds. The van der Waals surface area contributed by atoms with E-state index in [0.717, 1.165) is 17.1 Å². The fourth-order valence-corrected chi connectivity index (χ4v) is 11.3. The zero-order valence-corrected chi connectivity index (χ0v) is 36.6. The van der Waals surface area contributed by atoms with Crippen LogP contribution in [0.5, 0.6) is 0 Å². The van der Waals surface area contributed by atoms with Crippen LogP contribution in [0.15, 0.2) is 200 Å². The molecule has 0 radical (unpaired) electrons. The Morgan fingerprint density at radius 3 is 1.77 bits per heavy atom. The second-order valence-corrected chi connectivity index (χ2v) is 18.5. The van der Waals surface area contributed by atoms with Crippen LogP contribution in [-0.4, -0.2) is 10.4 Å². The van der Waals surface area contributed by atoms with Crippen molar-refractivity contribution in [3.8, 4) is 0 Å². The average molecular weight is 825 g/mol. The lowest BCUT2D eigenvalue weighted by Gasteiger charge is -2.33. The van der Waals surface area contributed by atoms with Crippen LogP contribution >= 0.6 is 0 Å². The maximum atomic E-state index is 2.66. The molecule has 8 aromatic carbocycles. The molecule has 308 valence electrons. The highest BCUT2D eigenvalue weighted by molar-refractivity contribution is 6.28. The lowest BCUT2D eigenvalue weighted by atomic mass is 9.83. The standard InChI is InChI=1S/C60H48N4/c1-37(2)39-23-27-43(28-24-39)61(41-15-7-5-8-16-41)53-33-31-45-49-35-56-50(36-55(49)63-51-21-13-11-19-47(51)57(53)59(45)63)46-32-34-54(58-48-20-12-14-22-52(48)64(56)60(46)58)62(42-17-9-6-10-18-42)44-29-25-40(26-30-44)38(3)4/h5-38,45,59H,1-4H3. The fourth-order valence-electron chi connectivity index (χ4n) is 11.3. The molecular weight excluding hydrogens is 777 g/mol. The van der Waals surface area contributed by atoms with Crippen LogP contribution in [0, 0.1) is 0 Å². The Hall–Kier alpha value is -7.56. The quantitative estimate of drug-likeness (QED) is 0.152. The summed E-state index contributed by atoms with van der Waals surface area (Å²) in [6, 6.07) is 68.1. The predicted octanol–water partition coefficient (Wildman–Crippen LogP) is 16.3. The van der Waals surface area contributed by atoms with Crippen LogP contribution in [0.25, 0.3) is 43.7 Å². The van der Waals surface area contributed by atoms with Crippen molar-refractivity contribution < 1.29 is 0 Å². The van der Waals surface area contributed by atoms with E-state index in [0.29, 0.717) is 11.8 Å². The van der Waals surface area contributed by atoms with Crippen molar-refractivity contribution in [3.63, 3.8) is 0 Å². The van der Waals surface area contributed by atoms with Crippen molar-refractivity contribution in [1.82, 2.24) is 4.40 Å². The first-order valence-electron chi connectivity index (χ1n) is 22.9. The topological polar surface area (TPSA) is 14.1 Å². The van der Waals surface area contributed by atoms with Crippen LogP contribution in [-0.2, 0) is 0 Å². The second-order valence-electron chi connectivity index (χ2n) is 18.5. The van der Waals surface area contributed by atoms with Crippen molar-refractivity contribution in [1.29, 1.82) is 0 Å². The summed E-state index contributed by atoms with van der Waals surface area (Å²) < 4.78 is 2.56. The summed E-state index contributed by atoms with van der Waals surface area (Å²) in [5.74, 6) is 1.12. The van der Waals surface area contributed by atoms with E-state index in [-0.39, 0.29) is 12.0 Å². The van der Waals surface area contributed by atoms with Gasteiger partial charge < -0.3 is 19.1 Å². The van der Waals surface area contributed by atoms with Gasteiger partial charge in [0.1, 0.15) is 0 Å². The third kappa shape index (κ3) is 5.23. The minimum absolute atomic E-state index is 0.140. The SMILES string of the molecule is CC(C)c1ccc(N(C2=C3c4ccccc4N4c5cc6c7ccc(N(c8ccccc8)c8ccc(C(C)C)cc8)c8c9ccccc9n(c6cc5C(C=C2)C34)c78)c2ccccc2)cc1. The summed E-state index contributed by atoms with van der Waals surface area (Å²) in [4.78, 5) is 7.59. The van der Waals surface area contributed by atoms with Gasteiger partial charge in [-0.15, -0.1) is 0 Å². The molecule has 0 saturated heterocycles. The van der Waals surface area contributed by atoms with E-state index in [4.69, 9.17) is 0 Å². The largest absolute Gasteiger partial charge is 0.332 e. The molecule has 0 saturated carbocycles. The summed E-state index contributed by atoms with van der Waals surface area (Å²) in [7, 11) is 0. The van der Waals surface area contributed by atoms with Crippen molar-refractivity contribution >= 4 is 83.5 Å². The maximum Gasteiger partial charge on any atom is 0.0723 e. The summed E-state index contributed by atoms with van der Waals surface area (Å²) in [6.45, 7) is 9.05. The minimum Gasteiger partial charge on any atom is -0.332 e. The number of rotatable bonds is 8. The highest BCUT2D eigenvalue weighted by atomic mass is 15.2. The first-order chi connectivity index (χ1) is 31.4. The monoisotopic (exact) mass is 824 g/mol. The predicted molar refractivity (Wildman–Crippen MR) is 270 cm³/mol. The number of hydrogen-bond donors (Lipinski definition) is 0. The molecule has 1 aliphatic carbocycles. The smallest absolute Gasteiger partial charge is 0.0723 e. The molecule has 0 spiro atoms. The molecule has 4 nitrogen and oxygen atoms in total. The zero-order chi connectivity index (χ0) is 42.8. The summed E-state index contributed by atoms with van der Waals surface area (Å²) in [5.41, 5.74) is 20.2. The maximum absolute atomic E-state index is 2.66. The molecule has 64 heavy (non-hydrogen) atoms. The molecule has 10 aromatic rings. The third-order valence-corrected chi connectivity index (χ3v) is 14.3. The molecule has 4 heterocycles. The molecular formula is C60H48N4. The second kappa shape index (κ2) is 14.0. The number of para-hydroxylation sites is 4. The van der Waals surface area contributed by atoms with Gasteiger partial charge in [0.15, 0.2) is 0 Å². The zero-order valence-electron chi connectivity index (χ0n) is 36.6. The van der Waals surface area contributed by atoms with Gasteiger partial charge in [-0.1, -0.05) is 137 Å². The number of benzene rings is 8. The Morgan fingerprint density at radius 1 is 0.484 bits per heavy atom. The molecule has 3 aliphatic rings. The van der Waals surface area contributed by atoms with Gasteiger partial charge in [0.2, 0.25) is 0 Å². The Bertz CT molecular complexity index is 3500. The fraction of sp³-hybridized carbons (Fsp3) is 0.133. The van der Waals surface area contributed by atoms with Gasteiger partial charge in [-0.25, -0.2) is 0 Å². The van der Waals surface area contributed by atoms with Gasteiger partial charge in [0, 0.05) is 72.7 Å². The number of anilines is 7. The Labute approximate surface area is 374 Å². The van der Waals surface area contributed by atoms with E-state index < -0.39 is 0 Å². The van der Waals surface area contributed by atoms with E-state index in [1.54, 1.807) is 0 Å². The van der Waals surface area contributed by atoms with Gasteiger partial charge in [0.25, 0.3) is 0 Å². The van der Waals surface area contributed by atoms with Gasteiger partial charge in [0.05, 0.1) is 34.0 Å². The minimum atomic E-state index is 0.140. The summed E-state index contributed by atoms with van der Waals surface area (Å²) >= 11 is 0. The molecule has 0 bridgehead atoms. The molecule has 13 rings (SSSR count). The van der Waals surface area contributed by atoms with Gasteiger partial charge >= 0.3 is 0 Å². The number of hydrogen-bond acceptors (Lipinski definition) is 3. The van der Waals surface area contributed by atoms with E-state index in [1.165, 1.54) is 94.4 Å². The van der Waals surface area contributed by atoms with Gasteiger partial charge in [-0.2, -0.15) is 0 Å². The first-order valence-corrected chi connectivity index (χ1v) is 22.9. The lowest BCUT2D eigenvalue weighted by molar-refractivity contribution is 0.773. The van der Waals surface area contributed by atoms with Crippen LogP contribution in [0.2, 0.25) is 0 Å². The van der Waals surface area contributed by atoms with Gasteiger partial charge in [-0.05, 0) is 113 Å². The molecule has 4 heteroatoms. The molecule has 2 atom stereocenters. The van der Waals surface area contributed by atoms with Crippen molar-refractivity contribution in [2.24, 2.45) is 0 Å². The summed E-state index contributed by atoms with van der Waals surface area (Å²) in [6.07, 6.45) is 4.91. The normalized spacial score (nSPS) is 16.2. The lowest BCUT2D eigenvalue weighted by Crippen LogP contribution is -2.30. The van der Waals surface area contributed by atoms with Crippen molar-refractivity contribution in [2.75, 3.05) is 14.7 Å². The average Bonchev–Trinajstić information content (AvgIpc) is 4.06. The molecule has 0 fully saturated rings.